The average molecular weight is 362 g/mol. The van der Waals surface area contributed by atoms with Gasteiger partial charge in [-0.05, 0) is 36.1 Å². The molecule has 1 aromatic carbocycles. The summed E-state index contributed by atoms with van der Waals surface area (Å²) in [6.45, 7) is 0.441. The summed E-state index contributed by atoms with van der Waals surface area (Å²) in [5, 5.41) is 2.86. The first-order valence-corrected chi connectivity index (χ1v) is 9.85. The topological polar surface area (TPSA) is 54.1 Å². The highest BCUT2D eigenvalue weighted by Crippen LogP contribution is 2.27. The third kappa shape index (κ3) is 4.70. The summed E-state index contributed by atoms with van der Waals surface area (Å²) in [4.78, 5) is 15.3. The molecule has 0 saturated heterocycles. The van der Waals surface area contributed by atoms with Crippen LogP contribution in [0.15, 0.2) is 60.0 Å². The van der Waals surface area contributed by atoms with Gasteiger partial charge in [-0.25, -0.2) is 0 Å². The summed E-state index contributed by atoms with van der Waals surface area (Å²) in [5.74, 6) is 1.25. The lowest BCUT2D eigenvalue weighted by molar-refractivity contribution is -0.115. The van der Waals surface area contributed by atoms with Gasteiger partial charge in [-0.15, -0.1) is 0 Å². The third-order valence-electron chi connectivity index (χ3n) is 5.32. The summed E-state index contributed by atoms with van der Waals surface area (Å²) in [6, 6.07) is 14.2. The molecule has 1 aromatic heterocycles. The number of carbonyl (C=O) groups is 1. The molecule has 2 N–H and O–H groups in total. The van der Waals surface area contributed by atoms with Crippen molar-refractivity contribution in [2.75, 3.05) is 0 Å². The van der Waals surface area contributed by atoms with Crippen molar-refractivity contribution < 1.29 is 9.53 Å². The van der Waals surface area contributed by atoms with Gasteiger partial charge in [0.2, 0.25) is 0 Å². The van der Waals surface area contributed by atoms with Gasteiger partial charge in [-0.2, -0.15) is 0 Å². The van der Waals surface area contributed by atoms with Crippen LogP contribution in [0.4, 0.5) is 0 Å². The zero-order chi connectivity index (χ0) is 18.5. The second-order valence-corrected chi connectivity index (χ2v) is 7.48. The molecule has 2 heterocycles. The number of H-pyrrole nitrogens is 1. The Labute approximate surface area is 160 Å². The van der Waals surface area contributed by atoms with Crippen LogP contribution in [0.25, 0.3) is 6.08 Å². The Bertz CT molecular complexity index is 842. The fourth-order valence-corrected chi connectivity index (χ4v) is 3.91. The first kappa shape index (κ1) is 17.7. The fraction of sp³-hybridized carbons (Fsp3) is 0.348. The molecule has 0 atom stereocenters. The Hall–Kier alpha value is -2.75. The van der Waals surface area contributed by atoms with Crippen molar-refractivity contribution in [1.82, 2.24) is 10.3 Å². The van der Waals surface area contributed by atoms with E-state index in [2.05, 4.69) is 22.4 Å². The molecule has 0 radical (unpaired) electrons. The minimum atomic E-state index is -0.140. The van der Waals surface area contributed by atoms with E-state index in [4.69, 9.17) is 4.74 Å². The Morgan fingerprint density at radius 1 is 1.04 bits per heavy atom. The van der Waals surface area contributed by atoms with E-state index in [0.29, 0.717) is 18.1 Å². The summed E-state index contributed by atoms with van der Waals surface area (Å²) in [6.07, 6.45) is 11.4. The molecule has 0 bridgehead atoms. The van der Waals surface area contributed by atoms with E-state index in [9.17, 15) is 4.79 Å². The third-order valence-corrected chi connectivity index (χ3v) is 5.32. The zero-order valence-corrected chi connectivity index (χ0v) is 15.5. The van der Waals surface area contributed by atoms with Crippen LogP contribution in [-0.4, -0.2) is 10.9 Å². The number of aromatic amines is 1. The molecule has 0 unspecified atom stereocenters. The van der Waals surface area contributed by atoms with Crippen molar-refractivity contribution in [2.24, 2.45) is 5.92 Å². The molecule has 140 valence electrons. The average Bonchev–Trinajstić information content (AvgIpc) is 3.28. The number of nitrogens with one attached hydrogen (secondary N) is 2. The van der Waals surface area contributed by atoms with Gasteiger partial charge in [-0.1, -0.05) is 62.4 Å². The molecule has 4 heteroatoms. The van der Waals surface area contributed by atoms with Crippen LogP contribution in [-0.2, 0) is 22.6 Å². The monoisotopic (exact) mass is 362 g/mol. The Morgan fingerprint density at radius 3 is 2.67 bits per heavy atom. The summed E-state index contributed by atoms with van der Waals surface area (Å²) in [5.41, 5.74) is 4.05. The lowest BCUT2D eigenvalue weighted by atomic mass is 9.86. The maximum absolute atomic E-state index is 11.8. The minimum Gasteiger partial charge on any atom is -0.487 e. The molecule has 1 amide bonds. The molecule has 2 aromatic rings. The first-order chi connectivity index (χ1) is 13.3. The SMILES string of the molecule is O=C1C=C(OCc2ccccc2)/C(=C/c2ccc(CC3CCCCC3)[nH]2)N1. The molecule has 1 aliphatic heterocycles. The summed E-state index contributed by atoms with van der Waals surface area (Å²) >= 11 is 0. The maximum Gasteiger partial charge on any atom is 0.252 e. The molecule has 0 spiro atoms. The van der Waals surface area contributed by atoms with E-state index in [0.717, 1.165) is 23.6 Å². The lowest BCUT2D eigenvalue weighted by Crippen LogP contribution is -2.14. The fourth-order valence-electron chi connectivity index (χ4n) is 3.91. The number of carbonyl (C=O) groups excluding carboxylic acids is 1. The van der Waals surface area contributed by atoms with Crippen molar-refractivity contribution in [2.45, 2.75) is 45.1 Å². The van der Waals surface area contributed by atoms with Crippen LogP contribution in [0.2, 0.25) is 0 Å². The minimum absolute atomic E-state index is 0.140. The molecule has 27 heavy (non-hydrogen) atoms. The van der Waals surface area contributed by atoms with Crippen LogP contribution in [0.1, 0.15) is 49.1 Å². The molecule has 1 saturated carbocycles. The van der Waals surface area contributed by atoms with Gasteiger partial charge in [0.1, 0.15) is 12.4 Å². The molecule has 4 nitrogen and oxygen atoms in total. The van der Waals surface area contributed by atoms with Gasteiger partial charge in [-0.3, -0.25) is 4.79 Å². The van der Waals surface area contributed by atoms with E-state index in [1.807, 2.05) is 36.4 Å². The molecular weight excluding hydrogens is 336 g/mol. The number of hydrogen-bond donors (Lipinski definition) is 2. The van der Waals surface area contributed by atoms with Gasteiger partial charge in [0.05, 0.1) is 5.70 Å². The van der Waals surface area contributed by atoms with Gasteiger partial charge < -0.3 is 15.0 Å². The smallest absolute Gasteiger partial charge is 0.252 e. The van der Waals surface area contributed by atoms with Crippen molar-refractivity contribution in [3.05, 3.63) is 76.9 Å². The standard InChI is InChI=1S/C23H26N2O2/c26-23-15-22(27-16-18-9-5-2-6-10-18)21(25-23)14-20-12-11-19(24-20)13-17-7-3-1-4-8-17/h2,5-6,9-12,14-15,17,24H,1,3-4,7-8,13,16H2,(H,25,26)/b21-14-. The highest BCUT2D eigenvalue weighted by molar-refractivity contribution is 5.95. The van der Waals surface area contributed by atoms with Crippen LogP contribution in [0, 0.1) is 5.92 Å². The predicted octanol–water partition coefficient (Wildman–Crippen LogP) is 4.71. The molecule has 4 rings (SSSR count). The van der Waals surface area contributed by atoms with Gasteiger partial charge in [0.25, 0.3) is 5.91 Å². The molecule has 1 aliphatic carbocycles. The van der Waals surface area contributed by atoms with Crippen LogP contribution in [0.5, 0.6) is 0 Å². The Balaban J connectivity index is 1.41. The van der Waals surface area contributed by atoms with E-state index < -0.39 is 0 Å². The number of rotatable bonds is 6. The maximum atomic E-state index is 11.8. The first-order valence-electron chi connectivity index (χ1n) is 9.85. The number of aromatic nitrogens is 1. The van der Waals surface area contributed by atoms with Gasteiger partial charge in [0, 0.05) is 17.5 Å². The summed E-state index contributed by atoms with van der Waals surface area (Å²) < 4.78 is 5.87. The second-order valence-electron chi connectivity index (χ2n) is 7.48. The van der Waals surface area contributed by atoms with E-state index in [1.165, 1.54) is 43.9 Å². The van der Waals surface area contributed by atoms with Crippen molar-refractivity contribution >= 4 is 12.0 Å². The molecule has 2 aliphatic rings. The predicted molar refractivity (Wildman–Crippen MR) is 107 cm³/mol. The number of amides is 1. The Kier molecular flexibility index (Phi) is 5.42. The normalized spacial score (nSPS) is 19.2. The quantitative estimate of drug-likeness (QED) is 0.782. The van der Waals surface area contributed by atoms with Crippen LogP contribution >= 0.6 is 0 Å². The van der Waals surface area contributed by atoms with E-state index in [-0.39, 0.29) is 5.91 Å². The van der Waals surface area contributed by atoms with E-state index >= 15 is 0 Å². The number of ether oxygens (including phenoxy) is 1. The van der Waals surface area contributed by atoms with E-state index in [1.54, 1.807) is 0 Å². The van der Waals surface area contributed by atoms with Crippen LogP contribution < -0.4 is 5.32 Å². The Morgan fingerprint density at radius 2 is 1.85 bits per heavy atom. The van der Waals surface area contributed by atoms with Gasteiger partial charge >= 0.3 is 0 Å². The highest BCUT2D eigenvalue weighted by atomic mass is 16.5. The summed E-state index contributed by atoms with van der Waals surface area (Å²) in [7, 11) is 0. The molecule has 1 fully saturated rings. The highest BCUT2D eigenvalue weighted by Gasteiger charge is 2.19. The zero-order valence-electron chi connectivity index (χ0n) is 15.5. The second kappa shape index (κ2) is 8.30. The van der Waals surface area contributed by atoms with Crippen molar-refractivity contribution in [3.8, 4) is 0 Å². The lowest BCUT2D eigenvalue weighted by Gasteiger charge is -2.20. The van der Waals surface area contributed by atoms with Crippen LogP contribution in [0.3, 0.4) is 0 Å². The molecular formula is C23H26N2O2. The van der Waals surface area contributed by atoms with Crippen molar-refractivity contribution in [1.29, 1.82) is 0 Å². The van der Waals surface area contributed by atoms with Gasteiger partial charge in [0.15, 0.2) is 0 Å². The van der Waals surface area contributed by atoms with Crippen molar-refractivity contribution in [3.63, 3.8) is 0 Å². The number of benzene rings is 1. The number of hydrogen-bond acceptors (Lipinski definition) is 2. The largest absolute Gasteiger partial charge is 0.487 e.